The molecule has 3 rings (SSSR count). The standard InChI is InChI=1S/C20H23NO3S/c1-16-7-6-12-21(14-16)20(22)18-10-5-11-19(13-18)25(23,24)15-17-8-3-2-4-9-17/h2-5,8-11,13,16H,6-7,12,14-15H2,1H3/t16-/m0/s1. The van der Waals surface area contributed by atoms with E-state index in [2.05, 4.69) is 6.92 Å². The van der Waals surface area contributed by atoms with Gasteiger partial charge in [-0.1, -0.05) is 43.3 Å². The zero-order valence-electron chi connectivity index (χ0n) is 14.4. The van der Waals surface area contributed by atoms with Gasteiger partial charge in [-0.2, -0.15) is 0 Å². The second-order valence-electron chi connectivity index (χ2n) is 6.77. The van der Waals surface area contributed by atoms with E-state index < -0.39 is 9.84 Å². The molecule has 1 amide bonds. The van der Waals surface area contributed by atoms with Crippen LogP contribution in [0.2, 0.25) is 0 Å². The summed E-state index contributed by atoms with van der Waals surface area (Å²) in [6, 6.07) is 15.5. The maximum atomic E-state index is 12.7. The zero-order valence-corrected chi connectivity index (χ0v) is 15.2. The van der Waals surface area contributed by atoms with Gasteiger partial charge in [-0.25, -0.2) is 8.42 Å². The Morgan fingerprint density at radius 2 is 1.88 bits per heavy atom. The quantitative estimate of drug-likeness (QED) is 0.841. The van der Waals surface area contributed by atoms with Crippen molar-refractivity contribution in [3.8, 4) is 0 Å². The van der Waals surface area contributed by atoms with Crippen molar-refractivity contribution < 1.29 is 13.2 Å². The van der Waals surface area contributed by atoms with Crippen molar-refractivity contribution in [2.75, 3.05) is 13.1 Å². The Bertz CT molecular complexity index is 846. The third-order valence-corrected chi connectivity index (χ3v) is 6.27. The fourth-order valence-electron chi connectivity index (χ4n) is 3.26. The molecule has 0 unspecified atom stereocenters. The van der Waals surface area contributed by atoms with Gasteiger partial charge in [0.05, 0.1) is 10.6 Å². The molecule has 4 nitrogen and oxygen atoms in total. The summed E-state index contributed by atoms with van der Waals surface area (Å²) in [7, 11) is -3.48. The first-order chi connectivity index (χ1) is 12.0. The molecule has 1 saturated heterocycles. The van der Waals surface area contributed by atoms with Crippen LogP contribution in [-0.4, -0.2) is 32.3 Å². The number of carbonyl (C=O) groups is 1. The number of hydrogen-bond donors (Lipinski definition) is 0. The Hall–Kier alpha value is -2.14. The second-order valence-corrected chi connectivity index (χ2v) is 8.76. The van der Waals surface area contributed by atoms with E-state index in [4.69, 9.17) is 0 Å². The average molecular weight is 357 g/mol. The lowest BCUT2D eigenvalue weighted by Crippen LogP contribution is -2.39. The van der Waals surface area contributed by atoms with E-state index in [1.807, 2.05) is 23.1 Å². The molecule has 1 atom stereocenters. The van der Waals surface area contributed by atoms with Gasteiger partial charge in [0.15, 0.2) is 9.84 Å². The number of amides is 1. The molecule has 25 heavy (non-hydrogen) atoms. The van der Waals surface area contributed by atoms with Crippen molar-refractivity contribution >= 4 is 15.7 Å². The normalized spacial score (nSPS) is 18.1. The predicted octanol–water partition coefficient (Wildman–Crippen LogP) is 3.53. The van der Waals surface area contributed by atoms with E-state index in [-0.39, 0.29) is 16.6 Å². The van der Waals surface area contributed by atoms with E-state index in [9.17, 15) is 13.2 Å². The molecule has 0 aliphatic carbocycles. The molecule has 0 radical (unpaired) electrons. The van der Waals surface area contributed by atoms with Crippen molar-refractivity contribution in [1.82, 2.24) is 4.90 Å². The summed E-state index contributed by atoms with van der Waals surface area (Å²) >= 11 is 0. The highest BCUT2D eigenvalue weighted by Crippen LogP contribution is 2.21. The van der Waals surface area contributed by atoms with Crippen LogP contribution in [0.25, 0.3) is 0 Å². The van der Waals surface area contributed by atoms with Crippen LogP contribution >= 0.6 is 0 Å². The Labute approximate surface area is 149 Å². The first-order valence-corrected chi connectivity index (χ1v) is 10.3. The van der Waals surface area contributed by atoms with Crippen LogP contribution in [0.15, 0.2) is 59.5 Å². The van der Waals surface area contributed by atoms with Gasteiger partial charge in [0.25, 0.3) is 5.91 Å². The van der Waals surface area contributed by atoms with Gasteiger partial charge >= 0.3 is 0 Å². The van der Waals surface area contributed by atoms with Gasteiger partial charge in [-0.15, -0.1) is 0 Å². The Kier molecular flexibility index (Phi) is 5.23. The fraction of sp³-hybridized carbons (Fsp3) is 0.350. The topological polar surface area (TPSA) is 54.5 Å². The van der Waals surface area contributed by atoms with Crippen LogP contribution in [0, 0.1) is 5.92 Å². The maximum absolute atomic E-state index is 12.7. The summed E-state index contributed by atoms with van der Waals surface area (Å²) < 4.78 is 25.4. The van der Waals surface area contributed by atoms with Gasteiger partial charge < -0.3 is 4.90 Å². The predicted molar refractivity (Wildman–Crippen MR) is 98.1 cm³/mol. The zero-order chi connectivity index (χ0) is 17.9. The highest BCUT2D eigenvalue weighted by atomic mass is 32.2. The molecule has 1 fully saturated rings. The van der Waals surface area contributed by atoms with Crippen molar-refractivity contribution in [1.29, 1.82) is 0 Å². The van der Waals surface area contributed by atoms with Gasteiger partial charge in [-0.3, -0.25) is 4.79 Å². The van der Waals surface area contributed by atoms with Crippen molar-refractivity contribution in [3.05, 3.63) is 65.7 Å². The van der Waals surface area contributed by atoms with Crippen LogP contribution in [0.4, 0.5) is 0 Å². The molecule has 1 aliphatic rings. The molecule has 0 N–H and O–H groups in total. The molecule has 1 heterocycles. The molecule has 5 heteroatoms. The third kappa shape index (κ3) is 4.28. The van der Waals surface area contributed by atoms with E-state index in [1.54, 1.807) is 30.3 Å². The minimum atomic E-state index is -3.48. The summed E-state index contributed by atoms with van der Waals surface area (Å²) in [4.78, 5) is 14.7. The monoisotopic (exact) mass is 357 g/mol. The lowest BCUT2D eigenvalue weighted by molar-refractivity contribution is 0.0683. The summed E-state index contributed by atoms with van der Waals surface area (Å²) in [6.45, 7) is 3.62. The first kappa shape index (κ1) is 17.7. The van der Waals surface area contributed by atoms with Gasteiger partial charge in [0, 0.05) is 18.7 Å². The van der Waals surface area contributed by atoms with Gasteiger partial charge in [0.2, 0.25) is 0 Å². The highest BCUT2D eigenvalue weighted by Gasteiger charge is 2.23. The van der Waals surface area contributed by atoms with Gasteiger partial charge in [0.1, 0.15) is 0 Å². The smallest absolute Gasteiger partial charge is 0.253 e. The Morgan fingerprint density at radius 3 is 2.60 bits per heavy atom. The number of hydrogen-bond acceptors (Lipinski definition) is 3. The molecular formula is C20H23NO3S. The molecule has 0 aromatic heterocycles. The van der Waals surface area contributed by atoms with Crippen LogP contribution in [0.5, 0.6) is 0 Å². The van der Waals surface area contributed by atoms with Crippen LogP contribution in [0.3, 0.4) is 0 Å². The number of piperidine rings is 1. The SMILES string of the molecule is C[C@H]1CCCN(C(=O)c2cccc(S(=O)(=O)Cc3ccccc3)c2)C1. The largest absolute Gasteiger partial charge is 0.338 e. The molecule has 2 aromatic rings. The first-order valence-electron chi connectivity index (χ1n) is 8.62. The number of likely N-dealkylation sites (tertiary alicyclic amines) is 1. The average Bonchev–Trinajstić information content (AvgIpc) is 2.62. The number of rotatable bonds is 4. The molecular weight excluding hydrogens is 334 g/mol. The van der Waals surface area contributed by atoms with Crippen molar-refractivity contribution in [2.45, 2.75) is 30.4 Å². The number of nitrogens with zero attached hydrogens (tertiary/aromatic N) is 1. The van der Waals surface area contributed by atoms with Crippen LogP contribution in [-0.2, 0) is 15.6 Å². The van der Waals surface area contributed by atoms with Crippen LogP contribution in [0.1, 0.15) is 35.7 Å². The van der Waals surface area contributed by atoms with Crippen molar-refractivity contribution in [3.63, 3.8) is 0 Å². The highest BCUT2D eigenvalue weighted by molar-refractivity contribution is 7.90. The Balaban J connectivity index is 1.82. The number of carbonyl (C=O) groups excluding carboxylic acids is 1. The summed E-state index contributed by atoms with van der Waals surface area (Å²) in [6.07, 6.45) is 2.13. The molecule has 2 aromatic carbocycles. The lowest BCUT2D eigenvalue weighted by Gasteiger charge is -2.31. The fourth-order valence-corrected chi connectivity index (χ4v) is 4.65. The van der Waals surface area contributed by atoms with Crippen molar-refractivity contribution in [2.24, 2.45) is 5.92 Å². The summed E-state index contributed by atoms with van der Waals surface area (Å²) in [5.41, 5.74) is 1.19. The van der Waals surface area contributed by atoms with E-state index in [0.29, 0.717) is 11.5 Å². The van der Waals surface area contributed by atoms with Gasteiger partial charge in [-0.05, 0) is 42.5 Å². The van der Waals surface area contributed by atoms with Crippen LogP contribution < -0.4 is 0 Å². The molecule has 0 saturated carbocycles. The summed E-state index contributed by atoms with van der Waals surface area (Å²) in [5.74, 6) is 0.345. The molecule has 0 spiro atoms. The van der Waals surface area contributed by atoms with E-state index >= 15 is 0 Å². The minimum Gasteiger partial charge on any atom is -0.338 e. The van der Waals surface area contributed by atoms with E-state index in [1.165, 1.54) is 6.07 Å². The number of benzene rings is 2. The molecule has 1 aliphatic heterocycles. The maximum Gasteiger partial charge on any atom is 0.253 e. The molecule has 0 bridgehead atoms. The lowest BCUT2D eigenvalue weighted by atomic mass is 9.99. The second kappa shape index (κ2) is 7.40. The molecule has 132 valence electrons. The minimum absolute atomic E-state index is 0.0633. The third-order valence-electron chi connectivity index (χ3n) is 4.58. The Morgan fingerprint density at radius 1 is 1.12 bits per heavy atom. The van der Waals surface area contributed by atoms with E-state index in [0.717, 1.165) is 31.5 Å². The summed E-state index contributed by atoms with van der Waals surface area (Å²) in [5, 5.41) is 0. The number of sulfone groups is 1.